The third kappa shape index (κ3) is 5.88. The normalized spacial score (nSPS) is 17.0. The number of piperidine rings is 1. The molecule has 6 nitrogen and oxygen atoms in total. The second-order valence-electron chi connectivity index (χ2n) is 6.80. The first-order chi connectivity index (χ1) is 11.9. The molecule has 1 aliphatic rings. The monoisotopic (exact) mass is 383 g/mol. The van der Waals surface area contributed by atoms with Crippen LogP contribution in [0.15, 0.2) is 24.3 Å². The predicted molar refractivity (Wildman–Crippen MR) is 105 cm³/mol. The predicted octanol–water partition coefficient (Wildman–Crippen LogP) is 1.75. The topological polar surface area (TPSA) is 84.7 Å². The molecule has 1 aromatic carbocycles. The molecule has 0 saturated carbocycles. The Morgan fingerprint density at radius 3 is 2.46 bits per heavy atom. The summed E-state index contributed by atoms with van der Waals surface area (Å²) in [4.78, 5) is 26.5. The smallest absolute Gasteiger partial charge is 0.227 e. The van der Waals surface area contributed by atoms with Crippen molar-refractivity contribution < 1.29 is 14.3 Å². The van der Waals surface area contributed by atoms with Gasteiger partial charge in [0.25, 0.3) is 0 Å². The average Bonchev–Trinajstić information content (AvgIpc) is 2.61. The van der Waals surface area contributed by atoms with Crippen molar-refractivity contribution in [2.45, 2.75) is 45.2 Å². The van der Waals surface area contributed by atoms with Crippen LogP contribution in [0.4, 0.5) is 0 Å². The number of rotatable bonds is 6. The number of para-hydroxylation sites is 1. The van der Waals surface area contributed by atoms with E-state index in [2.05, 4.69) is 5.32 Å². The minimum atomic E-state index is -0.204. The maximum absolute atomic E-state index is 12.5. The molecular formula is C19H30ClN3O3. The maximum Gasteiger partial charge on any atom is 0.227 e. The Kier molecular flexibility index (Phi) is 8.88. The zero-order valence-corrected chi connectivity index (χ0v) is 16.6. The molecule has 2 unspecified atom stereocenters. The Bertz CT molecular complexity index is 601. The minimum absolute atomic E-state index is 0. The van der Waals surface area contributed by atoms with E-state index >= 15 is 0 Å². The van der Waals surface area contributed by atoms with Crippen molar-refractivity contribution in [2.24, 2.45) is 11.7 Å². The second kappa shape index (κ2) is 10.4. The summed E-state index contributed by atoms with van der Waals surface area (Å²) in [7, 11) is 1.61. The van der Waals surface area contributed by atoms with Gasteiger partial charge < -0.3 is 20.7 Å². The molecule has 1 fully saturated rings. The largest absolute Gasteiger partial charge is 0.496 e. The van der Waals surface area contributed by atoms with Crippen LogP contribution in [0.5, 0.6) is 5.75 Å². The fourth-order valence-corrected chi connectivity index (χ4v) is 2.97. The molecule has 0 aromatic heterocycles. The Labute approximate surface area is 161 Å². The summed E-state index contributed by atoms with van der Waals surface area (Å²) in [6.07, 6.45) is 1.88. The number of nitrogens with two attached hydrogens (primary N) is 1. The highest BCUT2D eigenvalue weighted by molar-refractivity contribution is 5.85. The van der Waals surface area contributed by atoms with Gasteiger partial charge in [-0.25, -0.2) is 0 Å². The molecule has 2 rings (SSSR count). The fourth-order valence-electron chi connectivity index (χ4n) is 2.97. The van der Waals surface area contributed by atoms with Gasteiger partial charge in [-0.3, -0.25) is 9.59 Å². The van der Waals surface area contributed by atoms with Gasteiger partial charge in [0, 0.05) is 36.7 Å². The molecule has 3 N–H and O–H groups in total. The standard InChI is InChI=1S/C19H29N3O3.ClH/c1-13(14(2)20)19(24)21-16-8-10-22(11-9-16)18(23)12-15-6-4-5-7-17(15)25-3;/h4-7,13-14,16H,8-12,20H2,1-3H3,(H,21,24);1H. The lowest BCUT2D eigenvalue weighted by molar-refractivity contribution is -0.131. The summed E-state index contributed by atoms with van der Waals surface area (Å²) >= 11 is 0. The molecule has 26 heavy (non-hydrogen) atoms. The Morgan fingerprint density at radius 2 is 1.88 bits per heavy atom. The van der Waals surface area contributed by atoms with Crippen LogP contribution in [-0.4, -0.2) is 49.0 Å². The third-order valence-electron chi connectivity index (χ3n) is 4.93. The first-order valence-electron chi connectivity index (χ1n) is 8.88. The van der Waals surface area contributed by atoms with Crippen LogP contribution in [-0.2, 0) is 16.0 Å². The van der Waals surface area contributed by atoms with Gasteiger partial charge in [-0.05, 0) is 25.8 Å². The number of hydrogen-bond donors (Lipinski definition) is 2. The molecule has 146 valence electrons. The fraction of sp³-hybridized carbons (Fsp3) is 0.579. The van der Waals surface area contributed by atoms with Crippen molar-refractivity contribution in [3.63, 3.8) is 0 Å². The molecule has 0 spiro atoms. The van der Waals surface area contributed by atoms with E-state index in [0.717, 1.165) is 24.2 Å². The summed E-state index contributed by atoms with van der Waals surface area (Å²) in [5.74, 6) is 0.625. The number of carbonyl (C=O) groups excluding carboxylic acids is 2. The van der Waals surface area contributed by atoms with E-state index in [4.69, 9.17) is 10.5 Å². The van der Waals surface area contributed by atoms with Crippen LogP contribution >= 0.6 is 12.4 Å². The van der Waals surface area contributed by atoms with Crippen LogP contribution in [0.2, 0.25) is 0 Å². The highest BCUT2D eigenvalue weighted by atomic mass is 35.5. The average molecular weight is 384 g/mol. The molecule has 0 radical (unpaired) electrons. The molecule has 7 heteroatoms. The van der Waals surface area contributed by atoms with Gasteiger partial charge in [-0.15, -0.1) is 12.4 Å². The van der Waals surface area contributed by atoms with E-state index in [1.54, 1.807) is 7.11 Å². The first kappa shape index (κ1) is 22.3. The van der Waals surface area contributed by atoms with Crippen LogP contribution in [0, 0.1) is 5.92 Å². The number of carbonyl (C=O) groups is 2. The molecule has 0 bridgehead atoms. The van der Waals surface area contributed by atoms with Crippen molar-refractivity contribution in [1.82, 2.24) is 10.2 Å². The van der Waals surface area contributed by atoms with Gasteiger partial charge in [-0.1, -0.05) is 25.1 Å². The third-order valence-corrected chi connectivity index (χ3v) is 4.93. The summed E-state index contributed by atoms with van der Waals surface area (Å²) in [5, 5.41) is 3.05. The molecule has 1 saturated heterocycles. The first-order valence-corrected chi connectivity index (χ1v) is 8.88. The van der Waals surface area contributed by atoms with E-state index in [0.29, 0.717) is 19.5 Å². The number of hydrogen-bond acceptors (Lipinski definition) is 4. The Morgan fingerprint density at radius 1 is 1.27 bits per heavy atom. The summed E-state index contributed by atoms with van der Waals surface area (Å²) in [6.45, 7) is 4.99. The highest BCUT2D eigenvalue weighted by Crippen LogP contribution is 2.20. The number of methoxy groups -OCH3 is 1. The van der Waals surface area contributed by atoms with Crippen molar-refractivity contribution in [3.05, 3.63) is 29.8 Å². The summed E-state index contributed by atoms with van der Waals surface area (Å²) in [6, 6.07) is 7.53. The molecule has 1 aliphatic heterocycles. The quantitative estimate of drug-likeness (QED) is 0.783. The molecule has 2 atom stereocenters. The molecule has 1 heterocycles. The number of nitrogens with one attached hydrogen (secondary N) is 1. The lowest BCUT2D eigenvalue weighted by Gasteiger charge is -2.33. The van der Waals surface area contributed by atoms with E-state index < -0.39 is 0 Å². The highest BCUT2D eigenvalue weighted by Gasteiger charge is 2.26. The van der Waals surface area contributed by atoms with Gasteiger partial charge in [0.05, 0.1) is 13.5 Å². The molecule has 2 amide bonds. The van der Waals surface area contributed by atoms with Gasteiger partial charge in [-0.2, -0.15) is 0 Å². The van der Waals surface area contributed by atoms with E-state index in [1.807, 2.05) is 43.0 Å². The van der Waals surface area contributed by atoms with Crippen LogP contribution in [0.1, 0.15) is 32.3 Å². The number of amides is 2. The summed E-state index contributed by atoms with van der Waals surface area (Å²) in [5.41, 5.74) is 6.68. The molecular weight excluding hydrogens is 354 g/mol. The van der Waals surface area contributed by atoms with E-state index in [-0.39, 0.29) is 42.2 Å². The second-order valence-corrected chi connectivity index (χ2v) is 6.80. The van der Waals surface area contributed by atoms with E-state index in [1.165, 1.54) is 0 Å². The number of benzene rings is 1. The number of halogens is 1. The van der Waals surface area contributed by atoms with Gasteiger partial charge >= 0.3 is 0 Å². The Balaban J connectivity index is 0.00000338. The van der Waals surface area contributed by atoms with Crippen LogP contribution in [0.3, 0.4) is 0 Å². The van der Waals surface area contributed by atoms with E-state index in [9.17, 15) is 9.59 Å². The number of ether oxygens (including phenoxy) is 1. The van der Waals surface area contributed by atoms with Crippen LogP contribution in [0.25, 0.3) is 0 Å². The lowest BCUT2D eigenvalue weighted by Crippen LogP contribution is -2.49. The lowest BCUT2D eigenvalue weighted by atomic mass is 10.00. The minimum Gasteiger partial charge on any atom is -0.496 e. The zero-order chi connectivity index (χ0) is 18.4. The number of nitrogens with zero attached hydrogens (tertiary/aromatic N) is 1. The zero-order valence-electron chi connectivity index (χ0n) is 15.7. The molecule has 1 aromatic rings. The number of likely N-dealkylation sites (tertiary alicyclic amines) is 1. The van der Waals surface area contributed by atoms with Crippen molar-refractivity contribution in [2.75, 3.05) is 20.2 Å². The van der Waals surface area contributed by atoms with Crippen LogP contribution < -0.4 is 15.8 Å². The van der Waals surface area contributed by atoms with Gasteiger partial charge in [0.15, 0.2) is 0 Å². The summed E-state index contributed by atoms with van der Waals surface area (Å²) < 4.78 is 5.31. The SMILES string of the molecule is COc1ccccc1CC(=O)N1CCC(NC(=O)C(C)C(C)N)CC1.Cl. The Hall–Kier alpha value is -1.79. The molecule has 0 aliphatic carbocycles. The van der Waals surface area contributed by atoms with Gasteiger partial charge in [0.1, 0.15) is 5.75 Å². The maximum atomic E-state index is 12.5. The van der Waals surface area contributed by atoms with Crippen molar-refractivity contribution >= 4 is 24.2 Å². The van der Waals surface area contributed by atoms with Crippen molar-refractivity contribution in [1.29, 1.82) is 0 Å². The van der Waals surface area contributed by atoms with Crippen molar-refractivity contribution in [3.8, 4) is 5.75 Å². The van der Waals surface area contributed by atoms with Gasteiger partial charge in [0.2, 0.25) is 11.8 Å².